The molecule has 208 valence electrons. The van der Waals surface area contributed by atoms with E-state index in [1.165, 1.54) is 16.8 Å². The Hall–Kier alpha value is -3.18. The van der Waals surface area contributed by atoms with Crippen molar-refractivity contribution in [1.82, 2.24) is 24.4 Å². The Morgan fingerprint density at radius 1 is 0.900 bits per heavy atom. The fraction of sp³-hybridized carbons (Fsp3) is 0.310. The second kappa shape index (κ2) is 12.1. The number of pyridine rings is 1. The van der Waals surface area contributed by atoms with E-state index in [1.807, 2.05) is 6.07 Å². The molecule has 4 heterocycles. The normalized spacial score (nSPS) is 16.3. The first kappa shape index (κ1) is 27.0. The first-order valence-electron chi connectivity index (χ1n) is 13.5. The number of anilines is 2. The molecule has 2 aliphatic heterocycles. The summed E-state index contributed by atoms with van der Waals surface area (Å²) in [5, 5.41) is 8.49. The number of nitrogens with zero attached hydrogens (tertiary/aromatic N) is 5. The van der Waals surface area contributed by atoms with Crippen molar-refractivity contribution in [3.05, 3.63) is 77.7 Å². The average Bonchev–Trinajstić information content (AvgIpc) is 3.57. The molecule has 0 amide bonds. The Bertz CT molecular complexity index is 1470. The molecule has 2 N–H and O–H groups in total. The summed E-state index contributed by atoms with van der Waals surface area (Å²) in [7, 11) is 0. The Morgan fingerprint density at radius 3 is 2.52 bits per heavy atom. The van der Waals surface area contributed by atoms with Gasteiger partial charge < -0.3 is 14.9 Å². The molecule has 2 saturated heterocycles. The minimum Gasteiger partial charge on any atom is -0.370 e. The summed E-state index contributed by atoms with van der Waals surface area (Å²) in [5.74, 6) is -0.850. The highest BCUT2D eigenvalue weighted by molar-refractivity contribution is 7.98. The molecule has 7 nitrogen and oxygen atoms in total. The van der Waals surface area contributed by atoms with Crippen molar-refractivity contribution >= 4 is 35.1 Å². The molecule has 0 radical (unpaired) electrons. The van der Waals surface area contributed by atoms with Gasteiger partial charge in [0.05, 0.1) is 5.69 Å². The van der Waals surface area contributed by atoms with Crippen molar-refractivity contribution in [3.63, 3.8) is 0 Å². The fourth-order valence-electron chi connectivity index (χ4n) is 5.15. The molecule has 0 aliphatic carbocycles. The topological polar surface area (TPSA) is 61.2 Å². The van der Waals surface area contributed by atoms with Gasteiger partial charge >= 0.3 is 0 Å². The van der Waals surface area contributed by atoms with Gasteiger partial charge in [0.1, 0.15) is 11.4 Å². The predicted molar refractivity (Wildman–Crippen MR) is 159 cm³/mol. The van der Waals surface area contributed by atoms with Crippen LogP contribution in [0.1, 0.15) is 19.3 Å². The van der Waals surface area contributed by atoms with Gasteiger partial charge in [0.25, 0.3) is 0 Å². The molecule has 2 aromatic heterocycles. The fourth-order valence-corrected chi connectivity index (χ4v) is 6.19. The largest absolute Gasteiger partial charge is 0.370 e. The smallest absolute Gasteiger partial charge is 0.155 e. The molecule has 0 atom stereocenters. The highest BCUT2D eigenvalue weighted by atomic mass is 35.5. The molecule has 0 spiro atoms. The van der Waals surface area contributed by atoms with Crippen LogP contribution in [0.15, 0.2) is 61.1 Å². The number of hydrogen-bond acceptors (Lipinski definition) is 7. The minimum absolute atomic E-state index is 0.281. The lowest BCUT2D eigenvalue weighted by atomic mass is 10.0. The Balaban J connectivity index is 1.39. The predicted octanol–water partition coefficient (Wildman–Crippen LogP) is 6.40. The van der Waals surface area contributed by atoms with Crippen molar-refractivity contribution in [2.24, 2.45) is 0 Å². The summed E-state index contributed by atoms with van der Waals surface area (Å²) in [5.41, 5.74) is 3.42. The van der Waals surface area contributed by atoms with Gasteiger partial charge in [-0.05, 0) is 68.3 Å². The van der Waals surface area contributed by atoms with Crippen LogP contribution in [0.4, 0.5) is 20.2 Å². The van der Waals surface area contributed by atoms with Crippen LogP contribution in [0.2, 0.25) is 5.02 Å². The second-order valence-corrected chi connectivity index (χ2v) is 11.3. The van der Waals surface area contributed by atoms with E-state index in [1.54, 1.807) is 55.0 Å². The maximum atomic E-state index is 16.0. The second-order valence-electron chi connectivity index (χ2n) is 9.94. The quantitative estimate of drug-likeness (QED) is 0.245. The summed E-state index contributed by atoms with van der Waals surface area (Å²) in [6.45, 7) is 5.40. The zero-order chi connectivity index (χ0) is 27.5. The molecule has 40 heavy (non-hydrogen) atoms. The van der Waals surface area contributed by atoms with E-state index >= 15 is 8.78 Å². The van der Waals surface area contributed by atoms with Gasteiger partial charge in [0, 0.05) is 90.8 Å². The van der Waals surface area contributed by atoms with Crippen LogP contribution in [-0.2, 0) is 0 Å². The lowest BCUT2D eigenvalue weighted by Gasteiger charge is -2.22. The molecule has 4 aromatic rings. The monoisotopic (exact) mass is 581 g/mol. The van der Waals surface area contributed by atoms with Gasteiger partial charge in [0.2, 0.25) is 0 Å². The number of aromatic nitrogens is 3. The van der Waals surface area contributed by atoms with Crippen LogP contribution < -0.4 is 14.9 Å². The molecule has 2 fully saturated rings. The van der Waals surface area contributed by atoms with Gasteiger partial charge in [0.15, 0.2) is 11.6 Å². The Labute approximate surface area is 241 Å². The minimum atomic E-state index is -0.448. The van der Waals surface area contributed by atoms with Gasteiger partial charge in [-0.25, -0.2) is 17.8 Å². The zero-order valence-electron chi connectivity index (χ0n) is 21.9. The van der Waals surface area contributed by atoms with E-state index in [9.17, 15) is 0 Å². The van der Waals surface area contributed by atoms with Crippen LogP contribution in [-0.4, -0.2) is 58.3 Å². The number of benzene rings is 2. The van der Waals surface area contributed by atoms with Gasteiger partial charge in [-0.3, -0.25) is 4.98 Å². The molecule has 6 rings (SSSR count). The maximum absolute atomic E-state index is 16.0. The third kappa shape index (κ3) is 5.81. The standard InChI is InChI=1S/C29H30ClF2N7S/c30-21-16-23(28(32)26(17-21)36-40-38-13-1-2-14-38)24-19-39(35-29(24)20-6-9-34-10-7-20)27-5-4-22(18-25(27)31)37-12-3-8-33-11-15-37/h4-7,9-10,16-19,33,36H,1-3,8,11-15H2. The van der Waals surface area contributed by atoms with E-state index in [2.05, 4.69) is 24.2 Å². The first-order chi connectivity index (χ1) is 19.6. The van der Waals surface area contributed by atoms with Crippen LogP contribution in [0.25, 0.3) is 28.1 Å². The average molecular weight is 582 g/mol. The van der Waals surface area contributed by atoms with Gasteiger partial charge in [-0.15, -0.1) is 0 Å². The van der Waals surface area contributed by atoms with Crippen molar-refractivity contribution in [2.75, 3.05) is 48.9 Å². The maximum Gasteiger partial charge on any atom is 0.155 e. The molecule has 11 heteroatoms. The summed E-state index contributed by atoms with van der Waals surface area (Å²) >= 11 is 7.86. The molecule has 0 bridgehead atoms. The zero-order valence-corrected chi connectivity index (χ0v) is 23.5. The molecular formula is C29H30ClF2N7S. The van der Waals surface area contributed by atoms with Crippen LogP contribution >= 0.6 is 23.7 Å². The highest BCUT2D eigenvalue weighted by Crippen LogP contribution is 2.39. The van der Waals surface area contributed by atoms with Gasteiger partial charge in [-0.2, -0.15) is 5.10 Å². The van der Waals surface area contributed by atoms with Gasteiger partial charge in [-0.1, -0.05) is 11.6 Å². The van der Waals surface area contributed by atoms with E-state index in [-0.39, 0.29) is 16.9 Å². The summed E-state index contributed by atoms with van der Waals surface area (Å²) in [6, 6.07) is 11.9. The van der Waals surface area contributed by atoms with E-state index in [4.69, 9.17) is 16.7 Å². The molecule has 0 saturated carbocycles. The van der Waals surface area contributed by atoms with E-state index in [0.717, 1.165) is 69.8 Å². The third-order valence-corrected chi connectivity index (χ3v) is 8.38. The Morgan fingerprint density at radius 2 is 1.73 bits per heavy atom. The number of halogens is 3. The van der Waals surface area contributed by atoms with Crippen molar-refractivity contribution < 1.29 is 8.78 Å². The van der Waals surface area contributed by atoms with Crippen molar-refractivity contribution in [1.29, 1.82) is 0 Å². The Kier molecular flexibility index (Phi) is 8.20. The number of nitrogens with one attached hydrogen (secondary N) is 2. The summed E-state index contributed by atoms with van der Waals surface area (Å²) < 4.78 is 38.3. The molecule has 0 unspecified atom stereocenters. The number of hydrogen-bond donors (Lipinski definition) is 2. The SMILES string of the molecule is Fc1cc(N2CCCNCC2)ccc1-n1cc(-c2cc(Cl)cc(NSN3CCCC3)c2F)c(-c2ccncc2)n1. The van der Waals surface area contributed by atoms with Crippen molar-refractivity contribution in [3.8, 4) is 28.1 Å². The van der Waals surface area contributed by atoms with E-state index < -0.39 is 11.6 Å². The van der Waals surface area contributed by atoms with Crippen LogP contribution in [0.3, 0.4) is 0 Å². The van der Waals surface area contributed by atoms with E-state index in [0.29, 0.717) is 16.3 Å². The van der Waals surface area contributed by atoms with Crippen LogP contribution in [0, 0.1) is 11.6 Å². The highest BCUT2D eigenvalue weighted by Gasteiger charge is 2.22. The third-order valence-electron chi connectivity index (χ3n) is 7.23. The lowest BCUT2D eigenvalue weighted by Crippen LogP contribution is -2.27. The van der Waals surface area contributed by atoms with Crippen molar-refractivity contribution in [2.45, 2.75) is 19.3 Å². The summed E-state index contributed by atoms with van der Waals surface area (Å²) in [6.07, 6.45) is 8.21. The first-order valence-corrected chi connectivity index (χ1v) is 14.6. The molecule has 2 aromatic carbocycles. The lowest BCUT2D eigenvalue weighted by molar-refractivity contribution is 0.588. The molecule has 2 aliphatic rings. The van der Waals surface area contributed by atoms with Crippen LogP contribution in [0.5, 0.6) is 0 Å². The number of rotatable bonds is 7. The summed E-state index contributed by atoms with van der Waals surface area (Å²) in [4.78, 5) is 6.29. The molecular weight excluding hydrogens is 552 g/mol.